The predicted molar refractivity (Wildman–Crippen MR) is 102 cm³/mol. The second kappa shape index (κ2) is 7.61. The minimum absolute atomic E-state index is 0.216. The van der Waals surface area contributed by atoms with Crippen LogP contribution < -0.4 is 9.62 Å². The Balaban J connectivity index is 1.99. The molecule has 0 aliphatic carbocycles. The summed E-state index contributed by atoms with van der Waals surface area (Å²) in [5.41, 5.74) is 3.91. The lowest BCUT2D eigenvalue weighted by molar-refractivity contribution is 0.562. The highest BCUT2D eigenvalue weighted by molar-refractivity contribution is 8.00. The fraction of sp³-hybridized carbons (Fsp3) is 0.368. The lowest BCUT2D eigenvalue weighted by Crippen LogP contribution is -2.24. The molecule has 0 saturated carbocycles. The van der Waals surface area contributed by atoms with E-state index in [0.29, 0.717) is 0 Å². The minimum atomic E-state index is 0.216. The molecule has 0 amide bonds. The standard InChI is InChI=1S/C19H23ClN2S/c1-3-4-7-12-21-19-15-8-5-6-9-17(15)22(2)23-18-13-14(20)10-11-16(18)19/h5-6,8-11,13,19,21H,3-4,7,12H2,1-2H3. The zero-order valence-electron chi connectivity index (χ0n) is 13.7. The Bertz CT molecular complexity index is 674. The van der Waals surface area contributed by atoms with Gasteiger partial charge in [0.25, 0.3) is 0 Å². The van der Waals surface area contributed by atoms with Crippen molar-refractivity contribution in [1.29, 1.82) is 0 Å². The predicted octanol–water partition coefficient (Wildman–Crippen LogP) is 5.67. The molecule has 0 aromatic heterocycles. The average Bonchev–Trinajstić information content (AvgIpc) is 2.66. The van der Waals surface area contributed by atoms with Crippen molar-refractivity contribution in [3.8, 4) is 0 Å². The number of anilines is 1. The van der Waals surface area contributed by atoms with Crippen molar-refractivity contribution in [2.24, 2.45) is 0 Å². The number of hydrogen-bond donors (Lipinski definition) is 1. The third-order valence-electron chi connectivity index (χ3n) is 4.24. The number of para-hydroxylation sites is 1. The van der Waals surface area contributed by atoms with Crippen LogP contribution in [0.1, 0.15) is 43.4 Å². The van der Waals surface area contributed by atoms with Gasteiger partial charge in [-0.2, -0.15) is 0 Å². The van der Waals surface area contributed by atoms with Gasteiger partial charge >= 0.3 is 0 Å². The normalized spacial score (nSPS) is 16.7. The lowest BCUT2D eigenvalue weighted by atomic mass is 9.96. The van der Waals surface area contributed by atoms with Crippen molar-refractivity contribution in [3.63, 3.8) is 0 Å². The molecular weight excluding hydrogens is 324 g/mol. The molecule has 1 N–H and O–H groups in total. The topological polar surface area (TPSA) is 15.3 Å². The number of fused-ring (bicyclic) bond motifs is 2. The highest BCUT2D eigenvalue weighted by atomic mass is 35.5. The summed E-state index contributed by atoms with van der Waals surface area (Å²) < 4.78 is 2.23. The van der Waals surface area contributed by atoms with Gasteiger partial charge in [0.05, 0.1) is 11.7 Å². The molecule has 1 aliphatic heterocycles. The molecule has 0 spiro atoms. The summed E-state index contributed by atoms with van der Waals surface area (Å²) in [6.45, 7) is 3.27. The van der Waals surface area contributed by atoms with Gasteiger partial charge in [-0.25, -0.2) is 0 Å². The molecule has 1 unspecified atom stereocenters. The molecular formula is C19H23ClN2S. The number of unbranched alkanes of at least 4 members (excludes halogenated alkanes) is 2. The third kappa shape index (κ3) is 3.68. The molecule has 1 aliphatic rings. The molecule has 0 saturated heterocycles. The van der Waals surface area contributed by atoms with Gasteiger partial charge in [-0.3, -0.25) is 0 Å². The van der Waals surface area contributed by atoms with E-state index in [-0.39, 0.29) is 6.04 Å². The van der Waals surface area contributed by atoms with Crippen LogP contribution in [0.3, 0.4) is 0 Å². The SMILES string of the molecule is CCCCCNC1c2ccc(Cl)cc2SN(C)c2ccccc21. The number of rotatable bonds is 5. The van der Waals surface area contributed by atoms with Crippen molar-refractivity contribution in [3.05, 3.63) is 58.6 Å². The van der Waals surface area contributed by atoms with Crippen molar-refractivity contribution in [1.82, 2.24) is 5.32 Å². The van der Waals surface area contributed by atoms with Gasteiger partial charge in [0.15, 0.2) is 0 Å². The largest absolute Gasteiger partial charge is 0.315 e. The van der Waals surface area contributed by atoms with Gasteiger partial charge in [-0.05, 0) is 54.2 Å². The molecule has 1 heterocycles. The van der Waals surface area contributed by atoms with E-state index < -0.39 is 0 Å². The summed E-state index contributed by atoms with van der Waals surface area (Å²) >= 11 is 7.98. The van der Waals surface area contributed by atoms with Gasteiger partial charge in [0, 0.05) is 17.0 Å². The van der Waals surface area contributed by atoms with Crippen LogP contribution in [-0.2, 0) is 0 Å². The molecule has 0 bridgehead atoms. The van der Waals surface area contributed by atoms with Crippen LogP contribution in [0.2, 0.25) is 5.02 Å². The summed E-state index contributed by atoms with van der Waals surface area (Å²) in [4.78, 5) is 1.23. The smallest absolute Gasteiger partial charge is 0.0609 e. The van der Waals surface area contributed by atoms with Gasteiger partial charge < -0.3 is 9.62 Å². The van der Waals surface area contributed by atoms with E-state index in [1.165, 1.54) is 41.0 Å². The maximum absolute atomic E-state index is 6.23. The monoisotopic (exact) mass is 346 g/mol. The third-order valence-corrected chi connectivity index (χ3v) is 5.49. The molecule has 4 heteroatoms. The van der Waals surface area contributed by atoms with Crippen LogP contribution in [-0.4, -0.2) is 13.6 Å². The molecule has 0 fully saturated rings. The Hall–Kier alpha value is -1.16. The fourth-order valence-corrected chi connectivity index (χ4v) is 4.32. The quantitative estimate of drug-likeness (QED) is 0.555. The Morgan fingerprint density at radius 2 is 1.96 bits per heavy atom. The summed E-state index contributed by atoms with van der Waals surface area (Å²) in [6, 6.07) is 15.1. The van der Waals surface area contributed by atoms with Crippen LogP contribution in [0.4, 0.5) is 5.69 Å². The van der Waals surface area contributed by atoms with E-state index in [1.807, 2.05) is 6.07 Å². The second-order valence-corrected chi connectivity index (χ2v) is 7.53. The van der Waals surface area contributed by atoms with E-state index in [2.05, 4.69) is 60.0 Å². The first-order valence-electron chi connectivity index (χ1n) is 8.24. The number of nitrogens with one attached hydrogen (secondary N) is 1. The molecule has 2 nitrogen and oxygen atoms in total. The van der Waals surface area contributed by atoms with Crippen LogP contribution in [0, 0.1) is 0 Å². The van der Waals surface area contributed by atoms with Crippen molar-refractivity contribution in [2.75, 3.05) is 17.9 Å². The number of benzene rings is 2. The first-order valence-corrected chi connectivity index (χ1v) is 9.39. The summed E-state index contributed by atoms with van der Waals surface area (Å²) in [6.07, 6.45) is 3.72. The van der Waals surface area contributed by atoms with Gasteiger partial charge in [-0.15, -0.1) is 0 Å². The van der Waals surface area contributed by atoms with E-state index in [0.717, 1.165) is 11.6 Å². The minimum Gasteiger partial charge on any atom is -0.315 e. The van der Waals surface area contributed by atoms with E-state index >= 15 is 0 Å². The first-order chi connectivity index (χ1) is 11.2. The van der Waals surface area contributed by atoms with Crippen LogP contribution >= 0.6 is 23.5 Å². The Labute approximate surface area is 148 Å². The maximum atomic E-state index is 6.23. The highest BCUT2D eigenvalue weighted by Crippen LogP contribution is 2.43. The van der Waals surface area contributed by atoms with E-state index in [4.69, 9.17) is 11.6 Å². The maximum Gasteiger partial charge on any atom is 0.0609 e. The first kappa shape index (κ1) is 16.7. The van der Waals surface area contributed by atoms with Gasteiger partial charge in [0.2, 0.25) is 0 Å². The van der Waals surface area contributed by atoms with Crippen molar-refractivity contribution in [2.45, 2.75) is 37.1 Å². The van der Waals surface area contributed by atoms with E-state index in [1.54, 1.807) is 11.9 Å². The number of hydrogen-bond acceptors (Lipinski definition) is 3. The summed E-state index contributed by atoms with van der Waals surface area (Å²) in [5.74, 6) is 0. The lowest BCUT2D eigenvalue weighted by Gasteiger charge is -2.22. The Kier molecular flexibility index (Phi) is 5.52. The summed E-state index contributed by atoms with van der Waals surface area (Å²) in [5, 5.41) is 4.56. The number of halogens is 1. The summed E-state index contributed by atoms with van der Waals surface area (Å²) in [7, 11) is 2.12. The average molecular weight is 347 g/mol. The zero-order valence-corrected chi connectivity index (χ0v) is 15.3. The molecule has 3 rings (SSSR count). The molecule has 122 valence electrons. The Morgan fingerprint density at radius 3 is 2.78 bits per heavy atom. The van der Waals surface area contributed by atoms with Crippen LogP contribution in [0.25, 0.3) is 0 Å². The fourth-order valence-electron chi connectivity index (χ4n) is 3.05. The second-order valence-electron chi connectivity index (χ2n) is 5.92. The zero-order chi connectivity index (χ0) is 16.2. The molecule has 0 radical (unpaired) electrons. The number of nitrogens with zero attached hydrogens (tertiary/aromatic N) is 1. The van der Waals surface area contributed by atoms with Gasteiger partial charge in [0.1, 0.15) is 0 Å². The van der Waals surface area contributed by atoms with Crippen LogP contribution in [0.15, 0.2) is 47.4 Å². The molecule has 2 aromatic rings. The van der Waals surface area contributed by atoms with E-state index in [9.17, 15) is 0 Å². The molecule has 1 atom stereocenters. The molecule has 2 aromatic carbocycles. The van der Waals surface area contributed by atoms with Crippen LogP contribution in [0.5, 0.6) is 0 Å². The van der Waals surface area contributed by atoms with Crippen molar-refractivity contribution >= 4 is 29.2 Å². The Morgan fingerprint density at radius 1 is 1.13 bits per heavy atom. The van der Waals surface area contributed by atoms with Crippen molar-refractivity contribution < 1.29 is 0 Å². The van der Waals surface area contributed by atoms with Gasteiger partial charge in [-0.1, -0.05) is 55.6 Å². The molecule has 23 heavy (non-hydrogen) atoms. The highest BCUT2D eigenvalue weighted by Gasteiger charge is 2.26.